The molecule has 0 aliphatic carbocycles. The highest BCUT2D eigenvalue weighted by molar-refractivity contribution is 7.00. The molecule has 0 bridgehead atoms. The highest BCUT2D eigenvalue weighted by Gasteiger charge is 2.45. The summed E-state index contributed by atoms with van der Waals surface area (Å²) in [6.45, 7) is 27.9. The molecule has 0 fully saturated rings. The lowest BCUT2D eigenvalue weighted by molar-refractivity contribution is 0.589. The first-order valence-electron chi connectivity index (χ1n) is 24.5. The van der Waals surface area contributed by atoms with Crippen molar-refractivity contribution >= 4 is 79.2 Å². The van der Waals surface area contributed by atoms with Gasteiger partial charge in [-0.2, -0.15) is 0 Å². The van der Waals surface area contributed by atoms with Gasteiger partial charge in [-0.3, -0.25) is 0 Å². The van der Waals surface area contributed by atoms with Gasteiger partial charge in [-0.15, -0.1) is 0 Å². The van der Waals surface area contributed by atoms with Crippen LogP contribution in [0.3, 0.4) is 0 Å². The second-order valence-electron chi connectivity index (χ2n) is 23.5. The Morgan fingerprint density at radius 1 is 0.368 bits per heavy atom. The average Bonchev–Trinajstić information content (AvgIpc) is 3.69. The Morgan fingerprint density at radius 2 is 0.912 bits per heavy atom. The molecule has 0 unspecified atom stereocenters. The van der Waals surface area contributed by atoms with Crippen LogP contribution in [-0.4, -0.2) is 6.71 Å². The first-order valence-corrected chi connectivity index (χ1v) is 24.5. The van der Waals surface area contributed by atoms with Crippen LogP contribution in [0.5, 0.6) is 0 Å². The van der Waals surface area contributed by atoms with E-state index in [1.165, 1.54) is 72.5 Å². The summed E-state index contributed by atoms with van der Waals surface area (Å²) < 4.78 is 6.63. The van der Waals surface area contributed by atoms with Crippen molar-refractivity contribution in [2.45, 2.75) is 105 Å². The Labute approximate surface area is 404 Å². The summed E-state index contributed by atoms with van der Waals surface area (Å²) in [5.41, 5.74) is 22.8. The van der Waals surface area contributed by atoms with Gasteiger partial charge in [-0.25, -0.2) is 0 Å². The summed E-state index contributed by atoms with van der Waals surface area (Å²) in [5, 5.41) is 2.27. The molecule has 3 nitrogen and oxygen atoms in total. The molecule has 11 rings (SSSR count). The second-order valence-corrected chi connectivity index (χ2v) is 23.5. The van der Waals surface area contributed by atoms with E-state index in [1.54, 1.807) is 0 Å². The quantitative estimate of drug-likeness (QED) is 0.164. The van der Waals surface area contributed by atoms with Crippen molar-refractivity contribution in [1.82, 2.24) is 0 Å². The Bertz CT molecular complexity index is 3440. The molecule has 0 N–H and O–H groups in total. The lowest BCUT2D eigenvalue weighted by atomic mass is 9.33. The fourth-order valence-electron chi connectivity index (χ4n) is 10.7. The summed E-state index contributed by atoms with van der Waals surface area (Å²) in [6, 6.07) is 62.1. The maximum atomic E-state index is 6.63. The van der Waals surface area contributed by atoms with Crippen molar-refractivity contribution in [2.75, 3.05) is 9.80 Å². The monoisotopic (exact) mass is 887 g/mol. The average molecular weight is 887 g/mol. The van der Waals surface area contributed by atoms with Crippen molar-refractivity contribution in [3.8, 4) is 22.3 Å². The third kappa shape index (κ3) is 7.27. The standard InChI is InChI=1S/C64H63BN2O/c1-61(2,3)43-27-23-40(24-28-43)41-25-31-47(32-26-41)66-55-37-45(63(7,8)9)29-33-52(55)65-53-36-44(62(4,5)6)30-34-54(53)67(57-39-46(64(10,11)12)38-56(66)59(57)65)48-18-15-17-42(35-48)49-20-16-21-51-50-19-13-14-22-58(50)68-60(49)51/h13-39H,1-12H3. The molecule has 2 aliphatic heterocycles. The van der Waals surface area contributed by atoms with Gasteiger partial charge in [-0.1, -0.05) is 192 Å². The zero-order valence-corrected chi connectivity index (χ0v) is 42.0. The fourth-order valence-corrected chi connectivity index (χ4v) is 10.7. The largest absolute Gasteiger partial charge is 0.455 e. The molecule has 4 heteroatoms. The minimum Gasteiger partial charge on any atom is -0.455 e. The molecule has 0 spiro atoms. The van der Waals surface area contributed by atoms with Gasteiger partial charge in [0.1, 0.15) is 11.2 Å². The topological polar surface area (TPSA) is 19.6 Å². The van der Waals surface area contributed by atoms with Crippen molar-refractivity contribution in [3.63, 3.8) is 0 Å². The van der Waals surface area contributed by atoms with E-state index >= 15 is 0 Å². The molecule has 0 saturated heterocycles. The predicted molar refractivity (Wildman–Crippen MR) is 293 cm³/mol. The third-order valence-electron chi connectivity index (χ3n) is 14.7. The predicted octanol–water partition coefficient (Wildman–Crippen LogP) is 16.2. The van der Waals surface area contributed by atoms with Crippen LogP contribution in [0, 0.1) is 0 Å². The first-order chi connectivity index (χ1) is 32.2. The number of hydrogen-bond acceptors (Lipinski definition) is 3. The number of hydrogen-bond donors (Lipinski definition) is 0. The molecular formula is C64H63BN2O. The maximum absolute atomic E-state index is 6.63. The molecule has 9 aromatic rings. The zero-order chi connectivity index (χ0) is 47.7. The van der Waals surface area contributed by atoms with Crippen LogP contribution >= 0.6 is 0 Å². The van der Waals surface area contributed by atoms with Gasteiger partial charge >= 0.3 is 0 Å². The van der Waals surface area contributed by atoms with Crippen molar-refractivity contribution < 1.29 is 4.42 Å². The number of nitrogens with zero attached hydrogens (tertiary/aromatic N) is 2. The van der Waals surface area contributed by atoms with E-state index < -0.39 is 0 Å². The molecule has 338 valence electrons. The van der Waals surface area contributed by atoms with Gasteiger partial charge in [0.25, 0.3) is 6.71 Å². The van der Waals surface area contributed by atoms with Crippen LogP contribution in [0.15, 0.2) is 168 Å². The van der Waals surface area contributed by atoms with Crippen LogP contribution in [-0.2, 0) is 21.7 Å². The molecular weight excluding hydrogens is 824 g/mol. The number of rotatable bonds is 4. The second kappa shape index (κ2) is 15.4. The van der Waals surface area contributed by atoms with Crippen molar-refractivity contribution in [1.29, 1.82) is 0 Å². The van der Waals surface area contributed by atoms with Crippen molar-refractivity contribution in [3.05, 3.63) is 186 Å². The Balaban J connectivity index is 1.16. The lowest BCUT2D eigenvalue weighted by Gasteiger charge is -2.45. The van der Waals surface area contributed by atoms with E-state index in [2.05, 4.69) is 257 Å². The van der Waals surface area contributed by atoms with E-state index in [4.69, 9.17) is 4.42 Å². The molecule has 0 amide bonds. The first kappa shape index (κ1) is 43.8. The molecule has 3 heterocycles. The number of fused-ring (bicyclic) bond motifs is 7. The number of para-hydroxylation sites is 2. The smallest absolute Gasteiger partial charge is 0.252 e. The van der Waals surface area contributed by atoms with Gasteiger partial charge in [-0.05, 0) is 132 Å². The summed E-state index contributed by atoms with van der Waals surface area (Å²) in [4.78, 5) is 5.14. The van der Waals surface area contributed by atoms with Crippen LogP contribution in [0.1, 0.15) is 105 Å². The number of furan rings is 1. The van der Waals surface area contributed by atoms with Crippen LogP contribution in [0.25, 0.3) is 44.2 Å². The summed E-state index contributed by atoms with van der Waals surface area (Å²) in [5.74, 6) is 0. The molecule has 0 atom stereocenters. The van der Waals surface area contributed by atoms with E-state index in [9.17, 15) is 0 Å². The number of benzene rings is 8. The van der Waals surface area contributed by atoms with E-state index in [1.807, 2.05) is 0 Å². The normalized spacial score (nSPS) is 13.8. The summed E-state index contributed by atoms with van der Waals surface area (Å²) in [6.07, 6.45) is 0. The van der Waals surface area contributed by atoms with Gasteiger partial charge in [0, 0.05) is 50.5 Å². The lowest BCUT2D eigenvalue weighted by Crippen LogP contribution is -2.61. The van der Waals surface area contributed by atoms with Crippen LogP contribution in [0.2, 0.25) is 0 Å². The third-order valence-corrected chi connectivity index (χ3v) is 14.7. The van der Waals surface area contributed by atoms with Gasteiger partial charge in [0.15, 0.2) is 0 Å². The highest BCUT2D eigenvalue weighted by Crippen LogP contribution is 2.48. The molecule has 68 heavy (non-hydrogen) atoms. The summed E-state index contributed by atoms with van der Waals surface area (Å²) in [7, 11) is 0. The van der Waals surface area contributed by atoms with Crippen molar-refractivity contribution in [2.24, 2.45) is 0 Å². The maximum Gasteiger partial charge on any atom is 0.252 e. The van der Waals surface area contributed by atoms with Crippen LogP contribution < -0.4 is 26.2 Å². The Kier molecular flexibility index (Phi) is 9.90. The van der Waals surface area contributed by atoms with Gasteiger partial charge in [0.05, 0.1) is 0 Å². The molecule has 0 saturated carbocycles. The van der Waals surface area contributed by atoms with E-state index in [0.717, 1.165) is 44.4 Å². The molecule has 8 aromatic carbocycles. The zero-order valence-electron chi connectivity index (χ0n) is 42.0. The van der Waals surface area contributed by atoms with Gasteiger partial charge in [0.2, 0.25) is 0 Å². The fraction of sp³-hybridized carbons (Fsp3) is 0.250. The van der Waals surface area contributed by atoms with E-state index in [-0.39, 0.29) is 28.4 Å². The van der Waals surface area contributed by atoms with Gasteiger partial charge < -0.3 is 14.2 Å². The SMILES string of the molecule is CC(C)(C)c1ccc(-c2ccc(N3c4cc(C(C)(C)C)ccc4B4c5cc(C(C)(C)C)ccc5N(c5cccc(-c6cccc7c6oc6ccccc67)c5)c5cc(C(C)(C)C)cc3c54)cc2)cc1. The number of anilines is 6. The minimum atomic E-state index is -0.135. The highest BCUT2D eigenvalue weighted by atomic mass is 16.3. The molecule has 0 radical (unpaired) electrons. The minimum absolute atomic E-state index is 0.0101. The molecule has 1 aromatic heterocycles. The Hall–Kier alpha value is -6.78. The molecule has 2 aliphatic rings. The van der Waals surface area contributed by atoms with E-state index in [0.29, 0.717) is 0 Å². The Morgan fingerprint density at radius 3 is 1.57 bits per heavy atom. The summed E-state index contributed by atoms with van der Waals surface area (Å²) >= 11 is 0. The van der Waals surface area contributed by atoms with Crippen LogP contribution in [0.4, 0.5) is 34.1 Å².